The molecule has 0 aliphatic heterocycles. The maximum absolute atomic E-state index is 12.1. The largest absolute Gasteiger partial charge is 0.340 e. The highest BCUT2D eigenvalue weighted by atomic mass is 16.2. The number of anilines is 1. The molecule has 0 saturated heterocycles. The molecule has 2 N–H and O–H groups in total. The summed E-state index contributed by atoms with van der Waals surface area (Å²) in [6.45, 7) is 0. The van der Waals surface area contributed by atoms with Crippen LogP contribution in [0, 0.1) is 0 Å². The second-order valence-corrected chi connectivity index (χ2v) is 6.30. The lowest BCUT2D eigenvalue weighted by Gasteiger charge is -2.12. The highest BCUT2D eigenvalue weighted by Crippen LogP contribution is 2.19. The van der Waals surface area contributed by atoms with Crippen molar-refractivity contribution in [1.29, 1.82) is 0 Å². The van der Waals surface area contributed by atoms with Crippen molar-refractivity contribution < 1.29 is 4.79 Å². The summed E-state index contributed by atoms with van der Waals surface area (Å²) in [4.78, 5) is 29.6. The first-order valence-corrected chi connectivity index (χ1v) is 8.37. The number of amides is 2. The van der Waals surface area contributed by atoms with Gasteiger partial charge in [-0.2, -0.15) is 0 Å². The van der Waals surface area contributed by atoms with Gasteiger partial charge in [-0.05, 0) is 25.0 Å². The third-order valence-electron chi connectivity index (χ3n) is 4.31. The summed E-state index contributed by atoms with van der Waals surface area (Å²) in [7, 11) is 1.90. The molecule has 3 heterocycles. The van der Waals surface area contributed by atoms with Gasteiger partial charge in [-0.25, -0.2) is 19.7 Å². The van der Waals surface area contributed by atoms with Crippen molar-refractivity contribution in [2.45, 2.75) is 31.7 Å². The predicted molar refractivity (Wildman–Crippen MR) is 93.9 cm³/mol. The number of aromatic nitrogens is 5. The van der Waals surface area contributed by atoms with E-state index < -0.39 is 0 Å². The van der Waals surface area contributed by atoms with Crippen LogP contribution in [0.5, 0.6) is 0 Å². The van der Waals surface area contributed by atoms with Gasteiger partial charge in [0.25, 0.3) is 0 Å². The Morgan fingerprint density at radius 3 is 2.76 bits per heavy atom. The summed E-state index contributed by atoms with van der Waals surface area (Å²) >= 11 is 0. The normalized spacial score (nSPS) is 14.8. The predicted octanol–water partition coefficient (Wildman–Crippen LogP) is 2.49. The Morgan fingerprint density at radius 2 is 2.00 bits per heavy atom. The molecule has 1 fully saturated rings. The second kappa shape index (κ2) is 6.46. The fourth-order valence-electron chi connectivity index (χ4n) is 3.04. The van der Waals surface area contributed by atoms with E-state index in [1.807, 2.05) is 17.8 Å². The number of rotatable bonds is 3. The van der Waals surface area contributed by atoms with Gasteiger partial charge in [0.2, 0.25) is 0 Å². The van der Waals surface area contributed by atoms with Gasteiger partial charge in [0.1, 0.15) is 22.7 Å². The van der Waals surface area contributed by atoms with Gasteiger partial charge in [0, 0.05) is 19.3 Å². The zero-order chi connectivity index (χ0) is 17.2. The highest BCUT2D eigenvalue weighted by molar-refractivity contribution is 5.89. The molecule has 0 atom stereocenters. The summed E-state index contributed by atoms with van der Waals surface area (Å²) in [5, 5.41) is 5.75. The molecule has 3 aromatic rings. The second-order valence-electron chi connectivity index (χ2n) is 6.30. The molecule has 0 radical (unpaired) electrons. The number of pyridine rings is 1. The van der Waals surface area contributed by atoms with Crippen molar-refractivity contribution in [1.82, 2.24) is 29.8 Å². The van der Waals surface area contributed by atoms with E-state index in [4.69, 9.17) is 0 Å². The monoisotopic (exact) mass is 337 g/mol. The molecule has 1 saturated carbocycles. The first-order valence-electron chi connectivity index (χ1n) is 8.37. The number of aryl methyl sites for hydroxylation is 1. The topological polar surface area (TPSA) is 97.6 Å². The molecule has 3 aromatic heterocycles. The van der Waals surface area contributed by atoms with E-state index in [-0.39, 0.29) is 12.1 Å². The van der Waals surface area contributed by atoms with E-state index in [0.29, 0.717) is 22.7 Å². The standard InChI is InChI=1S/C17H19N7O/c1-24-9-14(19-10-24)13-8-18-12-6-7-15(22-16(12)21-13)23-17(25)20-11-4-2-3-5-11/h6-11H,2-5H2,1H3,(H2,20,21,22,23,25). The van der Waals surface area contributed by atoms with Crippen molar-refractivity contribution in [2.75, 3.05) is 5.32 Å². The molecule has 1 aliphatic carbocycles. The Morgan fingerprint density at radius 1 is 1.16 bits per heavy atom. The molecule has 128 valence electrons. The summed E-state index contributed by atoms with van der Waals surface area (Å²) in [6, 6.07) is 3.55. The van der Waals surface area contributed by atoms with Crippen molar-refractivity contribution in [3.63, 3.8) is 0 Å². The molecular formula is C17H19N7O. The van der Waals surface area contributed by atoms with Crippen LogP contribution in [0.2, 0.25) is 0 Å². The smallest absolute Gasteiger partial charge is 0.320 e. The molecule has 8 heteroatoms. The lowest BCUT2D eigenvalue weighted by atomic mass is 10.2. The van der Waals surface area contributed by atoms with Gasteiger partial charge >= 0.3 is 6.03 Å². The fourth-order valence-corrected chi connectivity index (χ4v) is 3.04. The van der Waals surface area contributed by atoms with Crippen molar-refractivity contribution >= 4 is 23.0 Å². The van der Waals surface area contributed by atoms with Crippen LogP contribution in [0.25, 0.3) is 22.6 Å². The molecule has 0 unspecified atom stereocenters. The van der Waals surface area contributed by atoms with Crippen LogP contribution in [0.4, 0.5) is 10.6 Å². The number of fused-ring (bicyclic) bond motifs is 1. The number of carbonyl (C=O) groups is 1. The maximum Gasteiger partial charge on any atom is 0.320 e. The molecule has 0 spiro atoms. The van der Waals surface area contributed by atoms with Crippen LogP contribution in [0.15, 0.2) is 30.9 Å². The summed E-state index contributed by atoms with van der Waals surface area (Å²) in [5.41, 5.74) is 2.52. The molecule has 0 bridgehead atoms. The SMILES string of the molecule is Cn1cnc(-c2cnc3ccc(NC(=O)NC4CCCC4)nc3n2)c1. The van der Waals surface area contributed by atoms with Crippen molar-refractivity contribution in [3.8, 4) is 11.4 Å². The first-order chi connectivity index (χ1) is 12.2. The minimum absolute atomic E-state index is 0.229. The first kappa shape index (κ1) is 15.5. The quantitative estimate of drug-likeness (QED) is 0.765. The molecule has 4 rings (SSSR count). The van der Waals surface area contributed by atoms with Gasteiger partial charge in [-0.3, -0.25) is 10.3 Å². The number of nitrogens with one attached hydrogen (secondary N) is 2. The van der Waals surface area contributed by atoms with Gasteiger partial charge in [-0.1, -0.05) is 12.8 Å². The van der Waals surface area contributed by atoms with Gasteiger partial charge in [0.15, 0.2) is 5.65 Å². The van der Waals surface area contributed by atoms with Crippen molar-refractivity contribution in [2.24, 2.45) is 7.05 Å². The molecule has 0 aromatic carbocycles. The number of nitrogens with zero attached hydrogens (tertiary/aromatic N) is 5. The Hall–Kier alpha value is -3.03. The number of hydrogen-bond donors (Lipinski definition) is 2. The van der Waals surface area contributed by atoms with Crippen LogP contribution < -0.4 is 10.6 Å². The van der Waals surface area contributed by atoms with E-state index in [9.17, 15) is 4.79 Å². The highest BCUT2D eigenvalue weighted by Gasteiger charge is 2.17. The summed E-state index contributed by atoms with van der Waals surface area (Å²) in [5.74, 6) is 0.454. The van der Waals surface area contributed by atoms with E-state index >= 15 is 0 Å². The number of carbonyl (C=O) groups excluding carboxylic acids is 1. The Kier molecular flexibility index (Phi) is 4.01. The van der Waals surface area contributed by atoms with Gasteiger partial charge < -0.3 is 9.88 Å². The van der Waals surface area contributed by atoms with Crippen LogP contribution in [-0.2, 0) is 7.05 Å². The third kappa shape index (κ3) is 3.42. The molecule has 25 heavy (non-hydrogen) atoms. The number of hydrogen-bond acceptors (Lipinski definition) is 5. The minimum Gasteiger partial charge on any atom is -0.340 e. The number of imidazole rings is 1. The van der Waals surface area contributed by atoms with Crippen LogP contribution in [-0.4, -0.2) is 36.6 Å². The van der Waals surface area contributed by atoms with Gasteiger partial charge in [0.05, 0.1) is 12.5 Å². The molecule has 1 aliphatic rings. The van der Waals surface area contributed by atoms with E-state index in [1.54, 1.807) is 24.7 Å². The lowest BCUT2D eigenvalue weighted by Crippen LogP contribution is -2.36. The van der Waals surface area contributed by atoms with E-state index in [0.717, 1.165) is 18.5 Å². The Bertz CT molecular complexity index is 914. The van der Waals surface area contributed by atoms with Crippen LogP contribution >= 0.6 is 0 Å². The average Bonchev–Trinajstić information content (AvgIpc) is 3.26. The average molecular weight is 337 g/mol. The van der Waals surface area contributed by atoms with Crippen LogP contribution in [0.1, 0.15) is 25.7 Å². The molecule has 2 amide bonds. The summed E-state index contributed by atoms with van der Waals surface area (Å²) < 4.78 is 1.85. The zero-order valence-corrected chi connectivity index (χ0v) is 13.9. The third-order valence-corrected chi connectivity index (χ3v) is 4.31. The van der Waals surface area contributed by atoms with Crippen LogP contribution in [0.3, 0.4) is 0 Å². The Labute approximate surface area is 144 Å². The minimum atomic E-state index is -0.229. The Balaban J connectivity index is 1.54. The maximum atomic E-state index is 12.1. The fraction of sp³-hybridized carbons (Fsp3) is 0.353. The van der Waals surface area contributed by atoms with E-state index in [2.05, 4.69) is 30.6 Å². The summed E-state index contributed by atoms with van der Waals surface area (Å²) in [6.07, 6.45) is 9.67. The number of urea groups is 1. The molecular weight excluding hydrogens is 318 g/mol. The van der Waals surface area contributed by atoms with Gasteiger partial charge in [-0.15, -0.1) is 0 Å². The van der Waals surface area contributed by atoms with E-state index in [1.165, 1.54) is 12.8 Å². The lowest BCUT2D eigenvalue weighted by molar-refractivity contribution is 0.248. The molecule has 8 nitrogen and oxygen atoms in total. The van der Waals surface area contributed by atoms with Crippen molar-refractivity contribution in [3.05, 3.63) is 30.9 Å². The zero-order valence-electron chi connectivity index (χ0n) is 13.9.